The molecule has 0 bridgehead atoms. The molecule has 0 atom stereocenters. The molecular formula is C19H15N5O4S. The number of allylic oxidation sites excluding steroid dienone is 2. The van der Waals surface area contributed by atoms with Gasteiger partial charge in [0.05, 0.1) is 19.9 Å². The highest BCUT2D eigenvalue weighted by Crippen LogP contribution is 2.37. The topological polar surface area (TPSA) is 148 Å². The highest BCUT2D eigenvalue weighted by Gasteiger charge is 2.23. The van der Waals surface area contributed by atoms with Gasteiger partial charge in [-0.3, -0.25) is 4.72 Å². The second kappa shape index (κ2) is 9.14. The summed E-state index contributed by atoms with van der Waals surface area (Å²) in [6.45, 7) is 0. The van der Waals surface area contributed by atoms with Crippen molar-refractivity contribution in [2.45, 2.75) is 4.90 Å². The van der Waals surface area contributed by atoms with Gasteiger partial charge in [0.2, 0.25) is 0 Å². The van der Waals surface area contributed by atoms with E-state index < -0.39 is 15.6 Å². The van der Waals surface area contributed by atoms with Gasteiger partial charge in [-0.1, -0.05) is 18.2 Å². The minimum Gasteiger partial charge on any atom is -0.495 e. The molecule has 0 radical (unpaired) electrons. The number of nitriles is 3. The van der Waals surface area contributed by atoms with Crippen molar-refractivity contribution in [1.29, 1.82) is 15.8 Å². The first-order valence-corrected chi connectivity index (χ1v) is 9.44. The minimum absolute atomic E-state index is 0.0375. The van der Waals surface area contributed by atoms with Crippen LogP contribution in [0.1, 0.15) is 0 Å². The first kappa shape index (κ1) is 21.1. The summed E-state index contributed by atoms with van der Waals surface area (Å²) in [7, 11) is -1.44. The van der Waals surface area contributed by atoms with Crippen LogP contribution >= 0.6 is 0 Å². The van der Waals surface area contributed by atoms with Crippen molar-refractivity contribution in [3.8, 4) is 29.7 Å². The standard InChI is InChI=1S/C19H15N5O4S/c1-27-17-9-19(29(25,26)24-14-6-4-3-5-7-14)18(28-2)8-15(17)23-16(12-22)13(10-20)11-21/h3-9,23-24H,1-2H3. The van der Waals surface area contributed by atoms with E-state index in [-0.39, 0.29) is 27.8 Å². The average Bonchev–Trinajstić information content (AvgIpc) is 2.73. The summed E-state index contributed by atoms with van der Waals surface area (Å²) in [5.41, 5.74) is -0.245. The van der Waals surface area contributed by atoms with Gasteiger partial charge in [0, 0.05) is 17.8 Å². The zero-order chi connectivity index (χ0) is 21.4. The van der Waals surface area contributed by atoms with E-state index in [1.807, 2.05) is 0 Å². The molecule has 9 nitrogen and oxygen atoms in total. The highest BCUT2D eigenvalue weighted by molar-refractivity contribution is 7.92. The molecule has 0 aliphatic heterocycles. The van der Waals surface area contributed by atoms with Crippen LogP contribution in [0.25, 0.3) is 0 Å². The first-order valence-electron chi connectivity index (χ1n) is 7.95. The molecule has 0 saturated carbocycles. The van der Waals surface area contributed by atoms with Gasteiger partial charge in [0.1, 0.15) is 40.3 Å². The Morgan fingerprint density at radius 3 is 2.07 bits per heavy atom. The number of hydrogen-bond donors (Lipinski definition) is 2. The Labute approximate surface area is 168 Å². The Morgan fingerprint density at radius 2 is 1.55 bits per heavy atom. The highest BCUT2D eigenvalue weighted by atomic mass is 32.2. The third-order valence-electron chi connectivity index (χ3n) is 3.65. The molecule has 0 saturated heterocycles. The number of anilines is 2. The van der Waals surface area contributed by atoms with Crippen molar-refractivity contribution in [2.24, 2.45) is 0 Å². The SMILES string of the molecule is COc1cc(S(=O)(=O)Nc2ccccc2)c(OC)cc1NC(C#N)=C(C#N)C#N. The second-order valence-electron chi connectivity index (χ2n) is 5.39. The van der Waals surface area contributed by atoms with Crippen molar-refractivity contribution in [2.75, 3.05) is 24.3 Å². The lowest BCUT2D eigenvalue weighted by Gasteiger charge is -2.16. The number of sulfonamides is 1. The Hall–Kier alpha value is -4.20. The summed E-state index contributed by atoms with van der Waals surface area (Å²) < 4.78 is 38.5. The predicted molar refractivity (Wildman–Crippen MR) is 104 cm³/mol. The molecule has 2 N–H and O–H groups in total. The molecule has 0 amide bonds. The van der Waals surface area contributed by atoms with Crippen molar-refractivity contribution in [3.63, 3.8) is 0 Å². The van der Waals surface area contributed by atoms with Crippen LogP contribution in [0.4, 0.5) is 11.4 Å². The number of nitrogens with one attached hydrogen (secondary N) is 2. The van der Waals surface area contributed by atoms with E-state index in [4.69, 9.17) is 20.0 Å². The molecule has 0 unspecified atom stereocenters. The van der Waals surface area contributed by atoms with Gasteiger partial charge in [-0.05, 0) is 12.1 Å². The molecule has 0 aliphatic rings. The number of benzene rings is 2. The van der Waals surface area contributed by atoms with E-state index in [9.17, 15) is 13.7 Å². The summed E-state index contributed by atoms with van der Waals surface area (Å²) in [6.07, 6.45) is 0. The van der Waals surface area contributed by atoms with Gasteiger partial charge < -0.3 is 14.8 Å². The van der Waals surface area contributed by atoms with Gasteiger partial charge in [-0.2, -0.15) is 15.8 Å². The van der Waals surface area contributed by atoms with E-state index >= 15 is 0 Å². The smallest absolute Gasteiger partial charge is 0.265 e. The number of para-hydroxylation sites is 1. The van der Waals surface area contributed by atoms with E-state index in [2.05, 4.69) is 10.0 Å². The number of hydrogen-bond acceptors (Lipinski definition) is 8. The van der Waals surface area contributed by atoms with Gasteiger partial charge in [0.25, 0.3) is 10.0 Å². The fraction of sp³-hybridized carbons (Fsp3) is 0.105. The zero-order valence-electron chi connectivity index (χ0n) is 15.4. The fourth-order valence-electron chi connectivity index (χ4n) is 2.31. The third-order valence-corrected chi connectivity index (χ3v) is 5.05. The van der Waals surface area contributed by atoms with Crippen molar-refractivity contribution >= 4 is 21.4 Å². The summed E-state index contributed by atoms with van der Waals surface area (Å²) >= 11 is 0. The molecule has 0 spiro atoms. The Kier molecular flexibility index (Phi) is 6.65. The monoisotopic (exact) mass is 409 g/mol. The normalized spacial score (nSPS) is 9.90. The van der Waals surface area contributed by atoms with Gasteiger partial charge in [0.15, 0.2) is 5.57 Å². The summed E-state index contributed by atoms with van der Waals surface area (Å²) in [5, 5.41) is 29.7. The molecule has 2 aromatic carbocycles. The Balaban J connectivity index is 2.56. The van der Waals surface area contributed by atoms with Crippen LogP contribution in [-0.2, 0) is 10.0 Å². The Morgan fingerprint density at radius 1 is 0.931 bits per heavy atom. The molecule has 0 aliphatic carbocycles. The predicted octanol–water partition coefficient (Wildman–Crippen LogP) is 2.74. The number of methoxy groups -OCH3 is 2. The lowest BCUT2D eigenvalue weighted by Crippen LogP contribution is -2.15. The van der Waals surface area contributed by atoms with Crippen LogP contribution in [0, 0.1) is 34.0 Å². The van der Waals surface area contributed by atoms with Crippen LogP contribution in [0.2, 0.25) is 0 Å². The number of rotatable bonds is 7. The van der Waals surface area contributed by atoms with Crippen LogP contribution in [0.5, 0.6) is 11.5 Å². The summed E-state index contributed by atoms with van der Waals surface area (Å²) in [6, 6.07) is 15.7. The van der Waals surface area contributed by atoms with Crippen LogP contribution in [0.15, 0.2) is 58.6 Å². The fourth-order valence-corrected chi connectivity index (χ4v) is 3.54. The second-order valence-corrected chi connectivity index (χ2v) is 7.04. The van der Waals surface area contributed by atoms with Crippen LogP contribution < -0.4 is 19.5 Å². The molecule has 29 heavy (non-hydrogen) atoms. The Bertz CT molecular complexity index is 1150. The molecule has 0 heterocycles. The lowest BCUT2D eigenvalue weighted by molar-refractivity contribution is 0.393. The largest absolute Gasteiger partial charge is 0.495 e. The average molecular weight is 409 g/mol. The van der Waals surface area contributed by atoms with Gasteiger partial charge in [-0.25, -0.2) is 8.42 Å². The van der Waals surface area contributed by atoms with Crippen molar-refractivity contribution in [3.05, 3.63) is 53.7 Å². The number of nitrogens with zero attached hydrogens (tertiary/aromatic N) is 3. The number of ether oxygens (including phenoxy) is 2. The molecular weight excluding hydrogens is 394 g/mol. The molecule has 10 heteroatoms. The van der Waals surface area contributed by atoms with E-state index in [1.54, 1.807) is 48.5 Å². The maximum atomic E-state index is 12.8. The van der Waals surface area contributed by atoms with E-state index in [0.717, 1.165) is 0 Å². The molecule has 0 fully saturated rings. The van der Waals surface area contributed by atoms with E-state index in [1.165, 1.54) is 26.4 Å². The molecule has 146 valence electrons. The first-order chi connectivity index (χ1) is 13.9. The summed E-state index contributed by atoms with van der Waals surface area (Å²) in [5.74, 6) is 0.0201. The minimum atomic E-state index is -4.03. The van der Waals surface area contributed by atoms with Gasteiger partial charge in [-0.15, -0.1) is 0 Å². The maximum Gasteiger partial charge on any atom is 0.265 e. The summed E-state index contributed by atoms with van der Waals surface area (Å²) in [4.78, 5) is -0.200. The zero-order valence-corrected chi connectivity index (χ0v) is 16.2. The van der Waals surface area contributed by atoms with Crippen molar-refractivity contribution in [1.82, 2.24) is 0 Å². The molecule has 0 aromatic heterocycles. The maximum absolute atomic E-state index is 12.8. The van der Waals surface area contributed by atoms with Crippen LogP contribution in [0.3, 0.4) is 0 Å². The van der Waals surface area contributed by atoms with Crippen molar-refractivity contribution < 1.29 is 17.9 Å². The molecule has 2 rings (SSSR count). The third kappa shape index (κ3) is 4.75. The van der Waals surface area contributed by atoms with E-state index in [0.29, 0.717) is 5.69 Å². The quantitative estimate of drug-likeness (QED) is 0.663. The van der Waals surface area contributed by atoms with Crippen LogP contribution in [-0.4, -0.2) is 22.6 Å². The van der Waals surface area contributed by atoms with Gasteiger partial charge >= 0.3 is 0 Å². The lowest BCUT2D eigenvalue weighted by atomic mass is 10.2. The molecule has 2 aromatic rings.